The third kappa shape index (κ3) is 5.69. The van der Waals surface area contributed by atoms with Crippen LogP contribution in [0.5, 0.6) is 17.2 Å². The normalized spacial score (nSPS) is 13.5. The number of carbonyl (C=O) groups is 2. The number of hydrogen-bond acceptors (Lipinski definition) is 7. The van der Waals surface area contributed by atoms with Crippen LogP contribution in [0.15, 0.2) is 48.2 Å². The van der Waals surface area contributed by atoms with Crippen molar-refractivity contribution in [1.29, 1.82) is 0 Å². The molecule has 0 radical (unpaired) electrons. The number of benzene rings is 2. The van der Waals surface area contributed by atoms with Gasteiger partial charge >= 0.3 is 0 Å². The van der Waals surface area contributed by atoms with Crippen molar-refractivity contribution in [2.75, 3.05) is 45.9 Å². The van der Waals surface area contributed by atoms with Crippen LogP contribution in [0.4, 0.5) is 5.69 Å². The highest BCUT2D eigenvalue weighted by atomic mass is 16.5. The number of hydrogen-bond donors (Lipinski definition) is 1. The number of nitrogens with zero attached hydrogens (tertiary/aromatic N) is 1. The second-order valence-electron chi connectivity index (χ2n) is 7.63. The van der Waals surface area contributed by atoms with Gasteiger partial charge in [-0.05, 0) is 49.6 Å². The van der Waals surface area contributed by atoms with Crippen molar-refractivity contribution in [3.05, 3.63) is 53.7 Å². The van der Waals surface area contributed by atoms with E-state index in [4.69, 9.17) is 18.9 Å². The molecule has 182 valence electrons. The number of methoxy groups -OCH3 is 2. The maximum atomic E-state index is 13.4. The zero-order valence-corrected chi connectivity index (χ0v) is 20.2. The maximum absolute atomic E-state index is 13.4. The lowest BCUT2D eigenvalue weighted by Crippen LogP contribution is -2.34. The van der Waals surface area contributed by atoms with Crippen LogP contribution in [-0.2, 0) is 14.3 Å². The molecule has 0 atom stereocenters. The van der Waals surface area contributed by atoms with E-state index in [1.54, 1.807) is 25.3 Å². The Hall–Kier alpha value is -3.52. The predicted molar refractivity (Wildman–Crippen MR) is 130 cm³/mol. The van der Waals surface area contributed by atoms with Crippen molar-refractivity contribution in [2.24, 2.45) is 0 Å². The van der Waals surface area contributed by atoms with Crippen LogP contribution < -0.4 is 19.5 Å². The largest absolute Gasteiger partial charge is 0.494 e. The van der Waals surface area contributed by atoms with E-state index in [0.717, 1.165) is 6.42 Å². The van der Waals surface area contributed by atoms with Gasteiger partial charge in [0.2, 0.25) is 0 Å². The molecular formula is C26H32N2O6. The molecule has 2 aromatic carbocycles. The van der Waals surface area contributed by atoms with Gasteiger partial charge in [0, 0.05) is 31.5 Å². The van der Waals surface area contributed by atoms with Gasteiger partial charge in [0.15, 0.2) is 11.5 Å². The Morgan fingerprint density at radius 2 is 1.71 bits per heavy atom. The lowest BCUT2D eigenvalue weighted by Gasteiger charge is -2.15. The van der Waals surface area contributed by atoms with Crippen LogP contribution in [0.25, 0.3) is 5.57 Å². The Bertz CT molecular complexity index is 1050. The van der Waals surface area contributed by atoms with E-state index in [-0.39, 0.29) is 29.6 Å². The summed E-state index contributed by atoms with van der Waals surface area (Å²) in [6.07, 6.45) is 1.44. The number of amides is 2. The molecule has 0 bridgehead atoms. The molecule has 0 saturated heterocycles. The van der Waals surface area contributed by atoms with E-state index in [0.29, 0.717) is 54.7 Å². The minimum absolute atomic E-state index is 0.210. The lowest BCUT2D eigenvalue weighted by atomic mass is 10.0. The summed E-state index contributed by atoms with van der Waals surface area (Å²) in [6.45, 7) is 5.85. The van der Waals surface area contributed by atoms with Crippen molar-refractivity contribution in [1.82, 2.24) is 4.90 Å². The molecule has 0 spiro atoms. The first-order valence-corrected chi connectivity index (χ1v) is 11.4. The van der Waals surface area contributed by atoms with Crippen molar-refractivity contribution < 1.29 is 28.5 Å². The SMILES string of the molecule is CCCOc1cccc(NC2=C(c3ccc(OC)c(OC)c3)C(=O)N(CCCOCC)C2=O)c1. The Labute approximate surface area is 200 Å². The van der Waals surface area contributed by atoms with E-state index in [2.05, 4.69) is 5.32 Å². The summed E-state index contributed by atoms with van der Waals surface area (Å²) in [5.41, 5.74) is 1.70. The van der Waals surface area contributed by atoms with Crippen molar-refractivity contribution >= 4 is 23.1 Å². The third-order valence-corrected chi connectivity index (χ3v) is 5.29. The molecule has 1 heterocycles. The molecule has 0 unspecified atom stereocenters. The molecule has 1 N–H and O–H groups in total. The molecule has 0 saturated carbocycles. The van der Waals surface area contributed by atoms with Crippen LogP contribution in [0.1, 0.15) is 32.3 Å². The zero-order chi connectivity index (χ0) is 24.5. The van der Waals surface area contributed by atoms with Gasteiger partial charge in [-0.3, -0.25) is 14.5 Å². The number of imide groups is 1. The summed E-state index contributed by atoms with van der Waals surface area (Å²) >= 11 is 0. The fraction of sp³-hybridized carbons (Fsp3) is 0.385. The number of ether oxygens (including phenoxy) is 4. The lowest BCUT2D eigenvalue weighted by molar-refractivity contribution is -0.137. The van der Waals surface area contributed by atoms with Crippen molar-refractivity contribution in [3.8, 4) is 17.2 Å². The molecule has 8 nitrogen and oxygen atoms in total. The Balaban J connectivity index is 1.98. The Kier molecular flexibility index (Phi) is 8.93. The zero-order valence-electron chi connectivity index (χ0n) is 20.2. The topological polar surface area (TPSA) is 86.3 Å². The molecule has 3 rings (SSSR count). The van der Waals surface area contributed by atoms with Crippen LogP contribution in [0.3, 0.4) is 0 Å². The molecule has 2 amide bonds. The van der Waals surface area contributed by atoms with Gasteiger partial charge in [0.25, 0.3) is 11.8 Å². The summed E-state index contributed by atoms with van der Waals surface area (Å²) in [5.74, 6) is 0.940. The highest BCUT2D eigenvalue weighted by Gasteiger charge is 2.39. The minimum atomic E-state index is -0.383. The highest BCUT2D eigenvalue weighted by Crippen LogP contribution is 2.36. The summed E-state index contributed by atoms with van der Waals surface area (Å²) in [5, 5.41) is 3.17. The van der Waals surface area contributed by atoms with Gasteiger partial charge in [0.1, 0.15) is 11.4 Å². The van der Waals surface area contributed by atoms with E-state index in [1.165, 1.54) is 12.0 Å². The van der Waals surface area contributed by atoms with Gasteiger partial charge in [-0.2, -0.15) is 0 Å². The first-order valence-electron chi connectivity index (χ1n) is 11.4. The molecule has 1 aliphatic heterocycles. The monoisotopic (exact) mass is 468 g/mol. The van der Waals surface area contributed by atoms with Crippen LogP contribution in [0, 0.1) is 0 Å². The summed E-state index contributed by atoms with van der Waals surface area (Å²) in [4.78, 5) is 28.0. The number of rotatable bonds is 13. The van der Waals surface area contributed by atoms with E-state index < -0.39 is 0 Å². The second kappa shape index (κ2) is 12.1. The van der Waals surface area contributed by atoms with Crippen LogP contribution in [-0.4, -0.2) is 57.3 Å². The van der Waals surface area contributed by atoms with Crippen molar-refractivity contribution in [3.63, 3.8) is 0 Å². The van der Waals surface area contributed by atoms with E-state index in [1.807, 2.05) is 38.1 Å². The van der Waals surface area contributed by atoms with Crippen molar-refractivity contribution in [2.45, 2.75) is 26.7 Å². The quantitative estimate of drug-likeness (QED) is 0.350. The first-order chi connectivity index (χ1) is 16.5. The third-order valence-electron chi connectivity index (χ3n) is 5.29. The van der Waals surface area contributed by atoms with Crippen LogP contribution >= 0.6 is 0 Å². The Morgan fingerprint density at radius 1 is 0.912 bits per heavy atom. The van der Waals surface area contributed by atoms with Gasteiger partial charge in [0.05, 0.1) is 26.4 Å². The van der Waals surface area contributed by atoms with E-state index >= 15 is 0 Å². The van der Waals surface area contributed by atoms with Crippen LogP contribution in [0.2, 0.25) is 0 Å². The molecular weight excluding hydrogens is 436 g/mol. The fourth-order valence-electron chi connectivity index (χ4n) is 3.65. The molecule has 0 fully saturated rings. The fourth-order valence-corrected chi connectivity index (χ4v) is 3.65. The number of carbonyl (C=O) groups excluding carboxylic acids is 2. The van der Waals surface area contributed by atoms with Gasteiger partial charge in [-0.1, -0.05) is 19.1 Å². The maximum Gasteiger partial charge on any atom is 0.278 e. The smallest absolute Gasteiger partial charge is 0.278 e. The summed E-state index contributed by atoms with van der Waals surface area (Å²) < 4.78 is 21.8. The predicted octanol–water partition coefficient (Wildman–Crippen LogP) is 4.11. The first kappa shape index (κ1) is 25.1. The minimum Gasteiger partial charge on any atom is -0.494 e. The average molecular weight is 469 g/mol. The molecule has 8 heteroatoms. The molecule has 2 aromatic rings. The second-order valence-corrected chi connectivity index (χ2v) is 7.63. The average Bonchev–Trinajstić information content (AvgIpc) is 3.09. The summed E-state index contributed by atoms with van der Waals surface area (Å²) in [6, 6.07) is 12.5. The standard InChI is InChI=1S/C26H32N2O6/c1-5-14-34-20-10-7-9-19(17-20)27-24-23(18-11-12-21(31-3)22(16-18)32-4)25(29)28(26(24)30)13-8-15-33-6-2/h7,9-12,16-17,27H,5-6,8,13-15H2,1-4H3. The van der Waals surface area contributed by atoms with Gasteiger partial charge in [-0.25, -0.2) is 0 Å². The number of nitrogens with one attached hydrogen (secondary N) is 1. The Morgan fingerprint density at radius 3 is 2.41 bits per heavy atom. The molecule has 0 aromatic heterocycles. The highest BCUT2D eigenvalue weighted by molar-refractivity contribution is 6.36. The molecule has 34 heavy (non-hydrogen) atoms. The van der Waals surface area contributed by atoms with Gasteiger partial charge < -0.3 is 24.3 Å². The molecule has 0 aliphatic carbocycles. The molecule has 1 aliphatic rings. The van der Waals surface area contributed by atoms with Gasteiger partial charge in [-0.15, -0.1) is 0 Å². The van der Waals surface area contributed by atoms with E-state index in [9.17, 15) is 9.59 Å². The number of anilines is 1. The summed E-state index contributed by atoms with van der Waals surface area (Å²) in [7, 11) is 3.07.